The molecule has 1 fully saturated rings. The van der Waals surface area contributed by atoms with E-state index in [-0.39, 0.29) is 16.9 Å². The Balaban J connectivity index is 2.72. The summed E-state index contributed by atoms with van der Waals surface area (Å²) < 4.78 is 0. The molecule has 0 aliphatic carbocycles. The molecule has 0 aromatic carbocycles. The van der Waals surface area contributed by atoms with Gasteiger partial charge in [0.1, 0.15) is 0 Å². The van der Waals surface area contributed by atoms with E-state index in [1.165, 1.54) is 0 Å². The summed E-state index contributed by atoms with van der Waals surface area (Å²) in [5.41, 5.74) is -0.166. The summed E-state index contributed by atoms with van der Waals surface area (Å²) in [6.45, 7) is 10.5. The molecule has 0 bridgehead atoms. The highest BCUT2D eigenvalue weighted by molar-refractivity contribution is 5.83. The molecule has 1 rings (SSSR count). The summed E-state index contributed by atoms with van der Waals surface area (Å²) in [6.07, 6.45) is 4.88. The SMILES string of the molecule is CCC(C)(CC)NC(=O)C1(CC)CCNCC1. The van der Waals surface area contributed by atoms with Gasteiger partial charge in [0, 0.05) is 5.54 Å². The lowest BCUT2D eigenvalue weighted by molar-refractivity contribution is -0.134. The normalized spacial score (nSPS) is 20.0. The highest BCUT2D eigenvalue weighted by Crippen LogP contribution is 2.33. The smallest absolute Gasteiger partial charge is 0.226 e. The zero-order chi connectivity index (χ0) is 12.9. The molecule has 0 aromatic rings. The van der Waals surface area contributed by atoms with Crippen molar-refractivity contribution in [2.45, 2.75) is 65.3 Å². The predicted molar refractivity (Wildman–Crippen MR) is 72.0 cm³/mol. The molecule has 1 saturated heterocycles. The van der Waals surface area contributed by atoms with Crippen LogP contribution >= 0.6 is 0 Å². The Morgan fingerprint density at radius 3 is 2.18 bits per heavy atom. The number of amides is 1. The van der Waals surface area contributed by atoms with Gasteiger partial charge in [0.2, 0.25) is 5.91 Å². The first-order valence-corrected chi connectivity index (χ1v) is 7.05. The van der Waals surface area contributed by atoms with E-state index < -0.39 is 0 Å². The number of hydrogen-bond donors (Lipinski definition) is 2. The number of carbonyl (C=O) groups excluding carboxylic acids is 1. The second-order valence-electron chi connectivity index (χ2n) is 5.61. The molecule has 0 radical (unpaired) electrons. The Hall–Kier alpha value is -0.570. The Bertz CT molecular complexity index is 253. The maximum absolute atomic E-state index is 12.5. The quantitative estimate of drug-likeness (QED) is 0.775. The molecule has 0 aromatic heterocycles. The minimum Gasteiger partial charge on any atom is -0.350 e. The monoisotopic (exact) mass is 240 g/mol. The second kappa shape index (κ2) is 5.85. The fraction of sp³-hybridized carbons (Fsp3) is 0.929. The summed E-state index contributed by atoms with van der Waals surface area (Å²) in [4.78, 5) is 12.5. The standard InChI is InChI=1S/C14H28N2O/c1-5-13(4,6-2)16-12(17)14(7-3)8-10-15-11-9-14/h15H,5-11H2,1-4H3,(H,16,17). The second-order valence-corrected chi connectivity index (χ2v) is 5.61. The van der Waals surface area contributed by atoms with E-state index >= 15 is 0 Å². The summed E-state index contributed by atoms with van der Waals surface area (Å²) in [5.74, 6) is 0.271. The van der Waals surface area contributed by atoms with Gasteiger partial charge in [-0.25, -0.2) is 0 Å². The molecule has 1 heterocycles. The Morgan fingerprint density at radius 2 is 1.76 bits per heavy atom. The van der Waals surface area contributed by atoms with Crippen molar-refractivity contribution in [3.05, 3.63) is 0 Å². The van der Waals surface area contributed by atoms with Crippen molar-refractivity contribution in [2.24, 2.45) is 5.41 Å². The highest BCUT2D eigenvalue weighted by atomic mass is 16.2. The van der Waals surface area contributed by atoms with Gasteiger partial charge in [-0.15, -0.1) is 0 Å². The number of rotatable bonds is 5. The van der Waals surface area contributed by atoms with Gasteiger partial charge in [-0.3, -0.25) is 4.79 Å². The van der Waals surface area contributed by atoms with E-state index in [0.29, 0.717) is 0 Å². The van der Waals surface area contributed by atoms with Crippen LogP contribution in [-0.4, -0.2) is 24.5 Å². The number of carbonyl (C=O) groups is 1. The van der Waals surface area contributed by atoms with E-state index in [1.807, 2.05) is 0 Å². The van der Waals surface area contributed by atoms with Crippen LogP contribution in [0.5, 0.6) is 0 Å². The lowest BCUT2D eigenvalue weighted by atomic mass is 9.75. The lowest BCUT2D eigenvalue weighted by Crippen LogP contribution is -2.54. The molecular formula is C14H28N2O. The third kappa shape index (κ3) is 3.21. The molecule has 2 N–H and O–H groups in total. The molecule has 3 nitrogen and oxygen atoms in total. The maximum atomic E-state index is 12.5. The van der Waals surface area contributed by atoms with Crippen molar-refractivity contribution < 1.29 is 4.79 Å². The molecule has 3 heteroatoms. The third-order valence-electron chi connectivity index (χ3n) is 4.70. The van der Waals surface area contributed by atoms with Crippen molar-refractivity contribution >= 4 is 5.91 Å². The fourth-order valence-corrected chi connectivity index (χ4v) is 2.48. The van der Waals surface area contributed by atoms with Crippen molar-refractivity contribution in [1.29, 1.82) is 0 Å². The van der Waals surface area contributed by atoms with E-state index in [4.69, 9.17) is 0 Å². The Morgan fingerprint density at radius 1 is 1.24 bits per heavy atom. The average Bonchev–Trinajstić information content (AvgIpc) is 2.39. The summed E-state index contributed by atoms with van der Waals surface area (Å²) in [5, 5.41) is 6.63. The minimum atomic E-state index is -0.128. The van der Waals surface area contributed by atoms with Crippen LogP contribution in [0.3, 0.4) is 0 Å². The van der Waals surface area contributed by atoms with Crippen LogP contribution in [0.15, 0.2) is 0 Å². The Kier molecular flexibility index (Phi) is 4.99. The molecular weight excluding hydrogens is 212 g/mol. The summed E-state index contributed by atoms with van der Waals surface area (Å²) in [6, 6.07) is 0. The molecule has 1 aliphatic rings. The largest absolute Gasteiger partial charge is 0.350 e. The topological polar surface area (TPSA) is 41.1 Å². The van der Waals surface area contributed by atoms with Gasteiger partial charge < -0.3 is 10.6 Å². The fourth-order valence-electron chi connectivity index (χ4n) is 2.48. The van der Waals surface area contributed by atoms with Crippen LogP contribution in [0.25, 0.3) is 0 Å². The van der Waals surface area contributed by atoms with Gasteiger partial charge in [-0.1, -0.05) is 20.8 Å². The molecule has 0 unspecified atom stereocenters. The first-order valence-electron chi connectivity index (χ1n) is 7.05. The molecule has 0 saturated carbocycles. The molecule has 0 spiro atoms. The van der Waals surface area contributed by atoms with Gasteiger partial charge >= 0.3 is 0 Å². The van der Waals surface area contributed by atoms with E-state index in [2.05, 4.69) is 38.3 Å². The van der Waals surface area contributed by atoms with Gasteiger partial charge in [0.25, 0.3) is 0 Å². The average molecular weight is 240 g/mol. The van der Waals surface area contributed by atoms with Crippen molar-refractivity contribution in [2.75, 3.05) is 13.1 Å². The van der Waals surface area contributed by atoms with Gasteiger partial charge in [0.15, 0.2) is 0 Å². The maximum Gasteiger partial charge on any atom is 0.226 e. The van der Waals surface area contributed by atoms with Crippen molar-refractivity contribution in [3.63, 3.8) is 0 Å². The lowest BCUT2D eigenvalue weighted by Gasteiger charge is -2.39. The van der Waals surface area contributed by atoms with E-state index in [9.17, 15) is 4.79 Å². The van der Waals surface area contributed by atoms with E-state index in [0.717, 1.165) is 45.2 Å². The van der Waals surface area contributed by atoms with Gasteiger partial charge in [-0.2, -0.15) is 0 Å². The predicted octanol–water partition coefficient (Wildman–Crippen LogP) is 2.46. The third-order valence-corrected chi connectivity index (χ3v) is 4.70. The van der Waals surface area contributed by atoms with Crippen LogP contribution in [0, 0.1) is 5.41 Å². The molecule has 0 atom stereocenters. The first kappa shape index (κ1) is 14.5. The zero-order valence-electron chi connectivity index (χ0n) is 11.9. The van der Waals surface area contributed by atoms with Crippen LogP contribution < -0.4 is 10.6 Å². The van der Waals surface area contributed by atoms with Crippen LogP contribution in [0.1, 0.15) is 59.8 Å². The summed E-state index contributed by atoms with van der Waals surface area (Å²) >= 11 is 0. The number of hydrogen-bond acceptors (Lipinski definition) is 2. The van der Waals surface area contributed by atoms with Crippen molar-refractivity contribution in [1.82, 2.24) is 10.6 Å². The zero-order valence-corrected chi connectivity index (χ0v) is 11.9. The summed E-state index contributed by atoms with van der Waals surface area (Å²) in [7, 11) is 0. The number of piperidine rings is 1. The minimum absolute atomic E-state index is 0.0376. The van der Waals surface area contributed by atoms with Crippen LogP contribution in [-0.2, 0) is 4.79 Å². The first-order chi connectivity index (χ1) is 8.02. The van der Waals surface area contributed by atoms with Crippen molar-refractivity contribution in [3.8, 4) is 0 Å². The Labute approximate surface area is 106 Å². The van der Waals surface area contributed by atoms with Crippen LogP contribution in [0.4, 0.5) is 0 Å². The molecule has 17 heavy (non-hydrogen) atoms. The molecule has 100 valence electrons. The van der Waals surface area contributed by atoms with Gasteiger partial charge in [0.05, 0.1) is 5.41 Å². The molecule has 1 amide bonds. The highest BCUT2D eigenvalue weighted by Gasteiger charge is 2.39. The number of nitrogens with one attached hydrogen (secondary N) is 2. The van der Waals surface area contributed by atoms with Gasteiger partial charge in [-0.05, 0) is 52.1 Å². The van der Waals surface area contributed by atoms with E-state index in [1.54, 1.807) is 0 Å². The molecule has 1 aliphatic heterocycles. The van der Waals surface area contributed by atoms with Crippen LogP contribution in [0.2, 0.25) is 0 Å².